The van der Waals surface area contributed by atoms with Crippen molar-refractivity contribution in [2.45, 2.75) is 0 Å². The molecular formula is C29H20N2O2S. The van der Waals surface area contributed by atoms with Crippen molar-refractivity contribution in [3.8, 4) is 0 Å². The van der Waals surface area contributed by atoms with Gasteiger partial charge in [-0.25, -0.2) is 0 Å². The summed E-state index contributed by atoms with van der Waals surface area (Å²) in [5, 5.41) is 6.34. The maximum absolute atomic E-state index is 13.1. The Bertz CT molecular complexity index is 1490. The average Bonchev–Trinajstić information content (AvgIpc) is 3.43. The Hall–Kier alpha value is -4.22. The predicted molar refractivity (Wildman–Crippen MR) is 139 cm³/mol. The number of Topliss-reactive ketones (excluding diaryl/α,β-unsaturated/α-hetero) is 2. The zero-order chi connectivity index (χ0) is 23.1. The maximum atomic E-state index is 13.1. The molecule has 2 aliphatic rings. The monoisotopic (exact) mass is 460 g/mol. The molecule has 0 radical (unpaired) electrons. The number of nitrogens with one attached hydrogen (secondary N) is 1. The lowest BCUT2D eigenvalue weighted by molar-refractivity contribution is 0.0990. The number of allylic oxidation sites excluding steroid dienone is 3. The summed E-state index contributed by atoms with van der Waals surface area (Å²) in [5.41, 5.74) is 2.23. The number of dihydropyridines is 1. The molecule has 0 saturated heterocycles. The van der Waals surface area contributed by atoms with Crippen molar-refractivity contribution >= 4 is 50.4 Å². The van der Waals surface area contributed by atoms with Crippen LogP contribution >= 0.6 is 11.3 Å². The lowest BCUT2D eigenvalue weighted by Crippen LogP contribution is -2.29. The molecule has 0 bridgehead atoms. The van der Waals surface area contributed by atoms with Crippen molar-refractivity contribution in [2.24, 2.45) is 0 Å². The first-order chi connectivity index (χ1) is 16.7. The normalized spacial score (nSPS) is 14.7. The van der Waals surface area contributed by atoms with Gasteiger partial charge in [-0.15, -0.1) is 11.3 Å². The maximum Gasteiger partial charge on any atom is 0.197 e. The number of hydrogen-bond acceptors (Lipinski definition) is 5. The Kier molecular flexibility index (Phi) is 4.97. The third kappa shape index (κ3) is 3.47. The third-order valence-electron chi connectivity index (χ3n) is 6.03. The molecule has 1 aromatic heterocycles. The second-order valence-corrected chi connectivity index (χ2v) is 9.26. The first-order valence-electron chi connectivity index (χ1n) is 11.1. The fraction of sp³-hybridized carbons (Fsp3) is 0.0345. The molecule has 4 nitrogen and oxygen atoms in total. The van der Waals surface area contributed by atoms with E-state index in [-0.39, 0.29) is 17.1 Å². The number of para-hydroxylation sites is 1. The van der Waals surface area contributed by atoms with Gasteiger partial charge in [0.05, 0.1) is 5.57 Å². The second kappa shape index (κ2) is 8.28. The van der Waals surface area contributed by atoms with Gasteiger partial charge < -0.3 is 5.32 Å². The fourth-order valence-corrected chi connectivity index (χ4v) is 5.37. The van der Waals surface area contributed by atoms with E-state index in [1.54, 1.807) is 17.4 Å². The summed E-state index contributed by atoms with van der Waals surface area (Å²) in [7, 11) is 0. The van der Waals surface area contributed by atoms with Crippen LogP contribution < -0.4 is 10.2 Å². The van der Waals surface area contributed by atoms with E-state index in [4.69, 9.17) is 0 Å². The van der Waals surface area contributed by atoms with Crippen molar-refractivity contribution in [2.75, 3.05) is 11.4 Å². The number of thiophene rings is 1. The molecule has 1 aliphatic heterocycles. The molecule has 1 N–H and O–H groups in total. The van der Waals surface area contributed by atoms with Crippen molar-refractivity contribution in [1.29, 1.82) is 0 Å². The summed E-state index contributed by atoms with van der Waals surface area (Å²) in [5.74, 6) is 0.562. The van der Waals surface area contributed by atoms with Gasteiger partial charge >= 0.3 is 0 Å². The zero-order valence-corrected chi connectivity index (χ0v) is 19.0. The molecule has 0 amide bonds. The van der Waals surface area contributed by atoms with Gasteiger partial charge in [0.25, 0.3) is 0 Å². The van der Waals surface area contributed by atoms with Crippen LogP contribution in [-0.2, 0) is 0 Å². The van der Waals surface area contributed by atoms with Gasteiger partial charge in [-0.1, -0.05) is 54.6 Å². The Labute approximate surface area is 201 Å². The highest BCUT2D eigenvalue weighted by Gasteiger charge is 2.33. The van der Waals surface area contributed by atoms with Gasteiger partial charge in [0.2, 0.25) is 0 Å². The number of hydrogen-bond donors (Lipinski definition) is 1. The van der Waals surface area contributed by atoms with Gasteiger partial charge in [0.15, 0.2) is 11.6 Å². The molecule has 34 heavy (non-hydrogen) atoms. The Balaban J connectivity index is 1.38. The Morgan fingerprint density at radius 2 is 1.50 bits per heavy atom. The van der Waals surface area contributed by atoms with Crippen LogP contribution in [0.25, 0.3) is 16.8 Å². The third-order valence-corrected chi connectivity index (χ3v) is 7.05. The van der Waals surface area contributed by atoms with Gasteiger partial charge in [-0.05, 0) is 59.3 Å². The van der Waals surface area contributed by atoms with Crippen LogP contribution in [0.2, 0.25) is 0 Å². The number of carbonyl (C=O) groups is 2. The van der Waals surface area contributed by atoms with E-state index < -0.39 is 0 Å². The largest absolute Gasteiger partial charge is 0.368 e. The summed E-state index contributed by atoms with van der Waals surface area (Å²) in [4.78, 5) is 29.3. The molecule has 2 heterocycles. The van der Waals surface area contributed by atoms with E-state index >= 15 is 0 Å². The van der Waals surface area contributed by atoms with E-state index in [2.05, 4.69) is 28.4 Å². The Morgan fingerprint density at radius 1 is 0.824 bits per heavy atom. The minimum atomic E-state index is -0.206. The minimum absolute atomic E-state index is 0.206. The number of nitrogens with zero attached hydrogens (tertiary/aromatic N) is 1. The van der Waals surface area contributed by atoms with Gasteiger partial charge in [-0.2, -0.15) is 0 Å². The number of anilines is 2. The molecular weight excluding hydrogens is 440 g/mol. The van der Waals surface area contributed by atoms with Crippen LogP contribution in [0.4, 0.5) is 10.7 Å². The lowest BCUT2D eigenvalue weighted by Gasteiger charge is -2.27. The molecule has 3 aromatic carbocycles. The van der Waals surface area contributed by atoms with Crippen LogP contribution in [0.3, 0.4) is 0 Å². The van der Waals surface area contributed by atoms with Crippen molar-refractivity contribution in [3.63, 3.8) is 0 Å². The molecule has 164 valence electrons. The van der Waals surface area contributed by atoms with Gasteiger partial charge in [0, 0.05) is 28.2 Å². The molecule has 0 unspecified atom stereocenters. The van der Waals surface area contributed by atoms with E-state index in [1.807, 2.05) is 78.9 Å². The number of fused-ring (bicyclic) bond motifs is 2. The Morgan fingerprint density at radius 3 is 2.15 bits per heavy atom. The minimum Gasteiger partial charge on any atom is -0.368 e. The predicted octanol–water partition coefficient (Wildman–Crippen LogP) is 6.50. The summed E-state index contributed by atoms with van der Waals surface area (Å²) in [6, 6.07) is 25.6. The van der Waals surface area contributed by atoms with E-state index in [1.165, 1.54) is 0 Å². The molecule has 0 spiro atoms. The molecule has 4 aromatic rings. The fourth-order valence-electron chi connectivity index (χ4n) is 4.39. The van der Waals surface area contributed by atoms with E-state index in [9.17, 15) is 9.59 Å². The topological polar surface area (TPSA) is 49.4 Å². The first kappa shape index (κ1) is 20.4. The second-order valence-electron chi connectivity index (χ2n) is 8.17. The molecule has 0 atom stereocenters. The number of carbonyl (C=O) groups excluding carboxylic acids is 2. The summed E-state index contributed by atoms with van der Waals surface area (Å²) >= 11 is 1.54. The highest BCUT2D eigenvalue weighted by Crippen LogP contribution is 2.37. The average molecular weight is 461 g/mol. The zero-order valence-electron chi connectivity index (χ0n) is 18.2. The van der Waals surface area contributed by atoms with Gasteiger partial charge in [-0.3, -0.25) is 14.5 Å². The summed E-state index contributed by atoms with van der Waals surface area (Å²) in [6.07, 6.45) is 7.87. The summed E-state index contributed by atoms with van der Waals surface area (Å²) in [6.45, 7) is 0.757. The molecule has 0 fully saturated rings. The van der Waals surface area contributed by atoms with E-state index in [0.29, 0.717) is 11.1 Å². The smallest absolute Gasteiger partial charge is 0.197 e. The molecule has 0 saturated carbocycles. The van der Waals surface area contributed by atoms with Crippen LogP contribution in [0, 0.1) is 0 Å². The number of rotatable bonds is 4. The van der Waals surface area contributed by atoms with Crippen molar-refractivity contribution < 1.29 is 9.59 Å². The standard InChI is InChI=1S/C29H20N2O2S/c32-28-23-16-19-8-4-5-9-20(19)17-24(23)29(33)25(28)18-22-13-14-27(34-22)31(21-10-2-1-3-11-21)26-12-6-7-15-30-26/h1-14,16-18,30H,15H2. The number of ketones is 2. The SMILES string of the molecule is O=C1C(=Cc2ccc(N(C3=CC=CCN3)c3ccccc3)s2)C(=O)c2cc3ccccc3cc21. The first-order valence-corrected chi connectivity index (χ1v) is 11.9. The highest BCUT2D eigenvalue weighted by atomic mass is 32.1. The van der Waals surface area contributed by atoms with Gasteiger partial charge in [0.1, 0.15) is 10.8 Å². The van der Waals surface area contributed by atoms with Crippen molar-refractivity contribution in [3.05, 3.63) is 124 Å². The van der Waals surface area contributed by atoms with Crippen LogP contribution in [0.5, 0.6) is 0 Å². The van der Waals surface area contributed by atoms with E-state index in [0.717, 1.165) is 38.7 Å². The van der Waals surface area contributed by atoms with Crippen LogP contribution in [0.15, 0.2) is 108 Å². The number of benzene rings is 3. The molecule has 5 heteroatoms. The van der Waals surface area contributed by atoms with Crippen molar-refractivity contribution in [1.82, 2.24) is 5.32 Å². The molecule has 6 rings (SSSR count). The van der Waals surface area contributed by atoms with Crippen LogP contribution in [0.1, 0.15) is 25.6 Å². The summed E-state index contributed by atoms with van der Waals surface area (Å²) < 4.78 is 0. The van der Waals surface area contributed by atoms with Crippen LogP contribution in [-0.4, -0.2) is 18.1 Å². The lowest BCUT2D eigenvalue weighted by atomic mass is 10.0. The quantitative estimate of drug-likeness (QED) is 0.279. The highest BCUT2D eigenvalue weighted by molar-refractivity contribution is 7.17. The molecule has 1 aliphatic carbocycles.